The van der Waals surface area contributed by atoms with Crippen LogP contribution in [0.15, 0.2) is 58.6 Å². The molecule has 0 saturated heterocycles. The van der Waals surface area contributed by atoms with E-state index in [4.69, 9.17) is 9.72 Å². The van der Waals surface area contributed by atoms with Crippen molar-refractivity contribution >= 4 is 33.3 Å². The van der Waals surface area contributed by atoms with E-state index in [1.54, 1.807) is 33.9 Å². The summed E-state index contributed by atoms with van der Waals surface area (Å²) in [4.78, 5) is 24.0. The molecule has 154 valence electrons. The molecule has 0 amide bonds. The lowest BCUT2D eigenvalue weighted by atomic mass is 10.2. The molecule has 0 radical (unpaired) electrons. The van der Waals surface area contributed by atoms with Gasteiger partial charge in [-0.05, 0) is 56.2 Å². The van der Waals surface area contributed by atoms with Gasteiger partial charge in [-0.15, -0.1) is 11.3 Å². The summed E-state index contributed by atoms with van der Waals surface area (Å²) < 4.78 is 7.57. The summed E-state index contributed by atoms with van der Waals surface area (Å²) in [5.41, 5.74) is 3.16. The van der Waals surface area contributed by atoms with Crippen LogP contribution in [0.3, 0.4) is 0 Å². The Morgan fingerprint density at radius 1 is 1.13 bits per heavy atom. The maximum Gasteiger partial charge on any atom is 0.263 e. The van der Waals surface area contributed by atoms with Crippen LogP contribution in [-0.2, 0) is 18.9 Å². The van der Waals surface area contributed by atoms with Crippen LogP contribution in [0.2, 0.25) is 0 Å². The number of hydrogen-bond acceptors (Lipinski definition) is 6. The zero-order valence-corrected chi connectivity index (χ0v) is 18.8. The monoisotopic (exact) mass is 437 g/mol. The van der Waals surface area contributed by atoms with E-state index in [0.717, 1.165) is 48.6 Å². The van der Waals surface area contributed by atoms with Crippen molar-refractivity contribution in [1.82, 2.24) is 14.5 Å². The first-order valence-corrected chi connectivity index (χ1v) is 11.6. The van der Waals surface area contributed by atoms with E-state index in [-0.39, 0.29) is 5.56 Å². The molecule has 3 heterocycles. The van der Waals surface area contributed by atoms with E-state index < -0.39 is 0 Å². The highest BCUT2D eigenvalue weighted by molar-refractivity contribution is 7.98. The van der Waals surface area contributed by atoms with Crippen LogP contribution in [0.4, 0.5) is 0 Å². The van der Waals surface area contributed by atoms with Gasteiger partial charge in [0.05, 0.1) is 11.1 Å². The van der Waals surface area contributed by atoms with Gasteiger partial charge in [-0.25, -0.2) is 4.98 Å². The highest BCUT2D eigenvalue weighted by Gasteiger charge is 2.16. The number of thioether (sulfide) groups is 1. The van der Waals surface area contributed by atoms with Crippen LogP contribution in [-0.4, -0.2) is 14.5 Å². The molecule has 0 fully saturated rings. The number of aromatic nitrogens is 3. The van der Waals surface area contributed by atoms with Gasteiger partial charge in [0.15, 0.2) is 5.16 Å². The third-order valence-electron chi connectivity index (χ3n) is 4.97. The number of nitrogens with zero attached hydrogens (tertiary/aromatic N) is 3. The molecule has 1 aromatic carbocycles. The molecule has 4 aromatic rings. The van der Waals surface area contributed by atoms with Gasteiger partial charge in [0.1, 0.15) is 17.2 Å². The zero-order chi connectivity index (χ0) is 21.1. The van der Waals surface area contributed by atoms with Crippen molar-refractivity contribution in [2.24, 2.45) is 0 Å². The van der Waals surface area contributed by atoms with E-state index >= 15 is 0 Å². The molecule has 0 unspecified atom stereocenters. The Bertz CT molecular complexity index is 1220. The highest BCUT2D eigenvalue weighted by Crippen LogP contribution is 2.29. The highest BCUT2D eigenvalue weighted by atomic mass is 32.2. The summed E-state index contributed by atoms with van der Waals surface area (Å²) in [6.07, 6.45) is 1.76. The minimum atomic E-state index is 0.0603. The molecule has 0 N–H and O–H groups in total. The number of thiophene rings is 1. The average Bonchev–Trinajstić information content (AvgIpc) is 3.06. The molecule has 0 aliphatic rings. The zero-order valence-electron chi connectivity index (χ0n) is 17.2. The topological polar surface area (TPSA) is 57.0 Å². The third-order valence-corrected chi connectivity index (χ3v) is 7.12. The molecule has 4 rings (SSSR count). The molecule has 5 nitrogen and oxygen atoms in total. The van der Waals surface area contributed by atoms with Gasteiger partial charge in [0.2, 0.25) is 0 Å². The lowest BCUT2D eigenvalue weighted by Gasteiger charge is -2.10. The number of ether oxygens (including phenoxy) is 1. The molecular formula is C23H23N3O2S2. The summed E-state index contributed by atoms with van der Waals surface area (Å²) in [6.45, 7) is 7.09. The van der Waals surface area contributed by atoms with Crippen LogP contribution in [0.5, 0.6) is 5.75 Å². The Labute approximate surface area is 183 Å². The van der Waals surface area contributed by atoms with Gasteiger partial charge in [0, 0.05) is 23.4 Å². The van der Waals surface area contributed by atoms with Gasteiger partial charge in [-0.1, -0.05) is 30.0 Å². The Morgan fingerprint density at radius 3 is 2.63 bits per heavy atom. The van der Waals surface area contributed by atoms with Crippen molar-refractivity contribution in [3.8, 4) is 5.75 Å². The first-order valence-electron chi connectivity index (χ1n) is 9.81. The van der Waals surface area contributed by atoms with Crippen LogP contribution in [0, 0.1) is 13.8 Å². The molecule has 0 atom stereocenters. The summed E-state index contributed by atoms with van der Waals surface area (Å²) in [7, 11) is 0. The summed E-state index contributed by atoms with van der Waals surface area (Å²) >= 11 is 3.19. The van der Waals surface area contributed by atoms with E-state index in [0.29, 0.717) is 13.2 Å². The maximum absolute atomic E-state index is 13.0. The molecule has 0 saturated carbocycles. The van der Waals surface area contributed by atoms with E-state index in [1.807, 2.05) is 63.2 Å². The molecule has 0 spiro atoms. The van der Waals surface area contributed by atoms with Crippen molar-refractivity contribution in [2.45, 2.75) is 44.8 Å². The quantitative estimate of drug-likeness (QED) is 0.288. The molecular weight excluding hydrogens is 414 g/mol. The predicted octanol–water partition coefficient (Wildman–Crippen LogP) is 5.36. The lowest BCUT2D eigenvalue weighted by Crippen LogP contribution is -2.22. The smallest absolute Gasteiger partial charge is 0.263 e. The second-order valence-corrected chi connectivity index (χ2v) is 9.10. The minimum Gasteiger partial charge on any atom is -0.487 e. The summed E-state index contributed by atoms with van der Waals surface area (Å²) in [5, 5.41) is 1.53. The fourth-order valence-corrected chi connectivity index (χ4v) is 5.26. The van der Waals surface area contributed by atoms with Gasteiger partial charge in [-0.3, -0.25) is 14.3 Å². The third kappa shape index (κ3) is 4.27. The minimum absolute atomic E-state index is 0.0603. The first kappa shape index (κ1) is 20.6. The predicted molar refractivity (Wildman–Crippen MR) is 124 cm³/mol. The molecule has 7 heteroatoms. The van der Waals surface area contributed by atoms with E-state index in [9.17, 15) is 4.79 Å². The molecule has 0 aliphatic carbocycles. The average molecular weight is 438 g/mol. The maximum atomic E-state index is 13.0. The van der Waals surface area contributed by atoms with Crippen LogP contribution < -0.4 is 10.3 Å². The SMILES string of the molecule is CCn1c(SCc2ccc(OCc3ccccn3)cc2)nc2sc(C)c(C)c2c1=O. The van der Waals surface area contributed by atoms with Crippen LogP contribution in [0.1, 0.15) is 28.6 Å². The number of aryl methyl sites for hydroxylation is 2. The number of pyridine rings is 1. The molecule has 30 heavy (non-hydrogen) atoms. The Morgan fingerprint density at radius 2 is 1.93 bits per heavy atom. The van der Waals surface area contributed by atoms with Gasteiger partial charge in [0.25, 0.3) is 5.56 Å². The van der Waals surface area contributed by atoms with Crippen molar-refractivity contribution in [1.29, 1.82) is 0 Å². The fourth-order valence-electron chi connectivity index (χ4n) is 3.17. The molecule has 0 aliphatic heterocycles. The summed E-state index contributed by atoms with van der Waals surface area (Å²) in [6, 6.07) is 13.8. The Balaban J connectivity index is 1.46. The second-order valence-electron chi connectivity index (χ2n) is 6.95. The van der Waals surface area contributed by atoms with Gasteiger partial charge >= 0.3 is 0 Å². The first-order chi connectivity index (χ1) is 14.6. The van der Waals surface area contributed by atoms with E-state index in [2.05, 4.69) is 4.98 Å². The van der Waals surface area contributed by atoms with Crippen molar-refractivity contribution in [3.63, 3.8) is 0 Å². The normalized spacial score (nSPS) is 11.2. The van der Waals surface area contributed by atoms with Crippen molar-refractivity contribution in [2.75, 3.05) is 0 Å². The Kier molecular flexibility index (Phi) is 6.20. The second kappa shape index (κ2) is 9.02. The van der Waals surface area contributed by atoms with E-state index in [1.165, 1.54) is 0 Å². The number of rotatable bonds is 7. The fraction of sp³-hybridized carbons (Fsp3) is 0.261. The van der Waals surface area contributed by atoms with Gasteiger partial charge in [-0.2, -0.15) is 0 Å². The van der Waals surface area contributed by atoms with Crippen LogP contribution in [0.25, 0.3) is 10.2 Å². The number of benzene rings is 1. The number of fused-ring (bicyclic) bond motifs is 1. The van der Waals surface area contributed by atoms with Crippen LogP contribution >= 0.6 is 23.1 Å². The Hall–Kier alpha value is -2.64. The standard InChI is InChI=1S/C23H23N3O2S2/c1-4-26-22(27)20-15(2)16(3)30-21(20)25-23(26)29-14-17-8-10-19(11-9-17)28-13-18-7-5-6-12-24-18/h5-12H,4,13-14H2,1-3H3. The van der Waals surface area contributed by atoms with Crippen molar-refractivity contribution in [3.05, 3.63) is 80.7 Å². The number of hydrogen-bond donors (Lipinski definition) is 0. The molecule has 0 bridgehead atoms. The van der Waals surface area contributed by atoms with Gasteiger partial charge < -0.3 is 4.74 Å². The molecule has 3 aromatic heterocycles. The lowest BCUT2D eigenvalue weighted by molar-refractivity contribution is 0.301. The van der Waals surface area contributed by atoms with Crippen molar-refractivity contribution < 1.29 is 4.74 Å². The largest absolute Gasteiger partial charge is 0.487 e. The summed E-state index contributed by atoms with van der Waals surface area (Å²) in [5.74, 6) is 1.55.